The van der Waals surface area contributed by atoms with Crippen LogP contribution in [0, 0.1) is 13.8 Å². The number of carbonyl (C=O) groups excluding carboxylic acids is 1. The molecule has 0 N–H and O–H groups in total. The highest BCUT2D eigenvalue weighted by Gasteiger charge is 2.22. The molecule has 6 nitrogen and oxygen atoms in total. The van der Waals surface area contributed by atoms with Crippen molar-refractivity contribution in [3.05, 3.63) is 101 Å². The Morgan fingerprint density at radius 2 is 1.63 bits per heavy atom. The summed E-state index contributed by atoms with van der Waals surface area (Å²) in [7, 11) is 1.82. The van der Waals surface area contributed by atoms with Crippen molar-refractivity contribution in [1.82, 2.24) is 24.5 Å². The van der Waals surface area contributed by atoms with E-state index in [1.807, 2.05) is 85.0 Å². The van der Waals surface area contributed by atoms with Gasteiger partial charge < -0.3 is 4.90 Å². The van der Waals surface area contributed by atoms with Crippen LogP contribution in [-0.4, -0.2) is 37.4 Å². The van der Waals surface area contributed by atoms with Crippen molar-refractivity contribution in [2.24, 2.45) is 0 Å². The van der Waals surface area contributed by atoms with Gasteiger partial charge in [0.05, 0.1) is 29.7 Å². The summed E-state index contributed by atoms with van der Waals surface area (Å²) < 4.78 is 3.72. The van der Waals surface area contributed by atoms with E-state index >= 15 is 0 Å². The van der Waals surface area contributed by atoms with E-state index in [-0.39, 0.29) is 5.91 Å². The molecule has 2 aromatic heterocycles. The average Bonchev–Trinajstić information content (AvgIpc) is 3.33. The lowest BCUT2D eigenvalue weighted by atomic mass is 10.1. The van der Waals surface area contributed by atoms with Gasteiger partial charge in [0.2, 0.25) is 0 Å². The Morgan fingerprint density at radius 3 is 2.33 bits per heavy atom. The van der Waals surface area contributed by atoms with Crippen LogP contribution in [-0.2, 0) is 13.1 Å². The minimum atomic E-state index is -0.0308. The smallest absolute Gasteiger partial charge is 0.257 e. The normalized spacial score (nSPS) is 10.9. The summed E-state index contributed by atoms with van der Waals surface area (Å²) in [5.41, 5.74) is 5.43. The first-order chi connectivity index (χ1) is 14.5. The molecule has 0 aliphatic carbocycles. The highest BCUT2D eigenvalue weighted by atomic mass is 16.2. The number of hydrogen-bond donors (Lipinski definition) is 0. The number of aryl methyl sites for hydroxylation is 1. The van der Waals surface area contributed by atoms with Crippen LogP contribution in [0.2, 0.25) is 0 Å². The summed E-state index contributed by atoms with van der Waals surface area (Å²) in [4.78, 5) is 14.9. The predicted molar refractivity (Wildman–Crippen MR) is 117 cm³/mol. The Bertz CT molecular complexity index is 1150. The van der Waals surface area contributed by atoms with Crippen LogP contribution in [0.5, 0.6) is 0 Å². The molecule has 0 spiro atoms. The summed E-state index contributed by atoms with van der Waals surface area (Å²) in [5, 5.41) is 9.03. The molecule has 30 heavy (non-hydrogen) atoms. The molecule has 0 aliphatic rings. The van der Waals surface area contributed by atoms with Crippen LogP contribution in [0.3, 0.4) is 0 Å². The molecule has 0 atom stereocenters. The van der Waals surface area contributed by atoms with Gasteiger partial charge in [-0.05, 0) is 31.5 Å². The quantitative estimate of drug-likeness (QED) is 0.492. The minimum absolute atomic E-state index is 0.0308. The summed E-state index contributed by atoms with van der Waals surface area (Å²) in [6.07, 6.45) is 3.76. The Labute approximate surface area is 176 Å². The predicted octanol–water partition coefficient (Wildman–Crippen LogP) is 4.01. The van der Waals surface area contributed by atoms with Crippen molar-refractivity contribution in [3.8, 4) is 5.69 Å². The zero-order valence-electron chi connectivity index (χ0n) is 17.5. The van der Waals surface area contributed by atoms with Crippen LogP contribution >= 0.6 is 0 Å². The summed E-state index contributed by atoms with van der Waals surface area (Å²) >= 11 is 0. The number of carbonyl (C=O) groups is 1. The third-order valence-electron chi connectivity index (χ3n) is 5.19. The van der Waals surface area contributed by atoms with Gasteiger partial charge in [0.25, 0.3) is 5.91 Å². The monoisotopic (exact) mass is 399 g/mol. The number of hydrogen-bond acceptors (Lipinski definition) is 3. The zero-order valence-corrected chi connectivity index (χ0v) is 17.5. The molecule has 0 bridgehead atoms. The number of benzene rings is 2. The van der Waals surface area contributed by atoms with Crippen LogP contribution in [0.25, 0.3) is 5.69 Å². The van der Waals surface area contributed by atoms with Gasteiger partial charge in [0.15, 0.2) is 0 Å². The maximum atomic E-state index is 13.2. The van der Waals surface area contributed by atoms with Gasteiger partial charge in [-0.1, -0.05) is 48.5 Å². The van der Waals surface area contributed by atoms with Crippen LogP contribution in [0.1, 0.15) is 32.9 Å². The highest BCUT2D eigenvalue weighted by Crippen LogP contribution is 2.18. The molecular weight excluding hydrogens is 374 g/mol. The van der Waals surface area contributed by atoms with E-state index in [1.165, 1.54) is 0 Å². The summed E-state index contributed by atoms with van der Waals surface area (Å²) in [6, 6.07) is 20.1. The van der Waals surface area contributed by atoms with E-state index in [0.29, 0.717) is 18.7 Å². The molecule has 0 aliphatic heterocycles. The van der Waals surface area contributed by atoms with E-state index in [2.05, 4.69) is 22.3 Å². The van der Waals surface area contributed by atoms with Gasteiger partial charge in [0, 0.05) is 31.0 Å². The van der Waals surface area contributed by atoms with Gasteiger partial charge in [-0.3, -0.25) is 9.48 Å². The molecule has 0 unspecified atom stereocenters. The van der Waals surface area contributed by atoms with Crippen LogP contribution < -0.4 is 0 Å². The lowest BCUT2D eigenvalue weighted by Gasteiger charge is -2.16. The molecule has 0 fully saturated rings. The van der Waals surface area contributed by atoms with E-state index in [9.17, 15) is 4.79 Å². The molecule has 6 heteroatoms. The number of nitrogens with zero attached hydrogens (tertiary/aromatic N) is 5. The van der Waals surface area contributed by atoms with E-state index in [1.54, 1.807) is 11.1 Å². The van der Waals surface area contributed by atoms with Gasteiger partial charge in [-0.15, -0.1) is 0 Å². The number of para-hydroxylation sites is 1. The third-order valence-corrected chi connectivity index (χ3v) is 5.19. The number of rotatable bonds is 6. The van der Waals surface area contributed by atoms with Crippen LogP contribution in [0.15, 0.2) is 73.1 Å². The van der Waals surface area contributed by atoms with E-state index in [4.69, 9.17) is 0 Å². The van der Waals surface area contributed by atoms with Crippen molar-refractivity contribution < 1.29 is 4.79 Å². The summed E-state index contributed by atoms with van der Waals surface area (Å²) in [6.45, 7) is 4.98. The van der Waals surface area contributed by atoms with Crippen LogP contribution in [0.4, 0.5) is 0 Å². The largest absolute Gasteiger partial charge is 0.337 e. The molecular formula is C24H25N5O. The maximum Gasteiger partial charge on any atom is 0.257 e. The van der Waals surface area contributed by atoms with Crippen molar-refractivity contribution in [3.63, 3.8) is 0 Å². The molecule has 4 rings (SSSR count). The van der Waals surface area contributed by atoms with E-state index < -0.39 is 0 Å². The fraction of sp³-hybridized carbons (Fsp3) is 0.208. The second kappa shape index (κ2) is 8.37. The molecule has 2 heterocycles. The van der Waals surface area contributed by atoms with Gasteiger partial charge >= 0.3 is 0 Å². The third kappa shape index (κ3) is 4.03. The standard InChI is InChI=1S/C24H25N5O/c1-18-23(19(2)28(26-18)16-20-10-6-4-7-11-20)24(30)27(3)15-21-14-25-29(17-21)22-12-8-5-9-13-22/h4-14,17H,15-16H2,1-3H3. The van der Waals surface area contributed by atoms with Crippen molar-refractivity contribution in [2.75, 3.05) is 7.05 Å². The first-order valence-corrected chi connectivity index (χ1v) is 9.95. The molecule has 4 aromatic rings. The molecule has 2 aromatic carbocycles. The summed E-state index contributed by atoms with van der Waals surface area (Å²) in [5.74, 6) is -0.0308. The first-order valence-electron chi connectivity index (χ1n) is 9.95. The Morgan fingerprint density at radius 1 is 0.967 bits per heavy atom. The zero-order chi connectivity index (χ0) is 21.1. The fourth-order valence-electron chi connectivity index (χ4n) is 3.62. The van der Waals surface area contributed by atoms with Crippen molar-refractivity contribution in [2.45, 2.75) is 26.9 Å². The topological polar surface area (TPSA) is 56.0 Å². The van der Waals surface area contributed by atoms with Crippen molar-refractivity contribution >= 4 is 5.91 Å². The number of amides is 1. The second-order valence-electron chi connectivity index (χ2n) is 7.48. The number of aromatic nitrogens is 4. The van der Waals surface area contributed by atoms with E-state index in [0.717, 1.165) is 28.2 Å². The highest BCUT2D eigenvalue weighted by molar-refractivity contribution is 5.96. The maximum absolute atomic E-state index is 13.2. The Balaban J connectivity index is 1.50. The minimum Gasteiger partial charge on any atom is -0.337 e. The van der Waals surface area contributed by atoms with Gasteiger partial charge in [0.1, 0.15) is 0 Å². The second-order valence-corrected chi connectivity index (χ2v) is 7.48. The van der Waals surface area contributed by atoms with Crippen molar-refractivity contribution in [1.29, 1.82) is 0 Å². The Kier molecular flexibility index (Phi) is 5.48. The lowest BCUT2D eigenvalue weighted by Crippen LogP contribution is -2.27. The molecule has 0 radical (unpaired) electrons. The fourth-order valence-corrected chi connectivity index (χ4v) is 3.62. The first kappa shape index (κ1) is 19.6. The molecule has 0 saturated heterocycles. The molecule has 1 amide bonds. The van der Waals surface area contributed by atoms with Gasteiger partial charge in [-0.25, -0.2) is 4.68 Å². The SMILES string of the molecule is Cc1nn(Cc2ccccc2)c(C)c1C(=O)N(C)Cc1cnn(-c2ccccc2)c1. The molecule has 152 valence electrons. The van der Waals surface area contributed by atoms with Gasteiger partial charge in [-0.2, -0.15) is 10.2 Å². The Hall–Kier alpha value is -3.67. The lowest BCUT2D eigenvalue weighted by molar-refractivity contribution is 0.0783. The molecule has 0 saturated carbocycles. The average molecular weight is 399 g/mol.